The SMILES string of the molecule is Cc1cc2ccccc2nc1NCCOCC(F)F. The molecule has 102 valence electrons. The fraction of sp³-hybridized carbons (Fsp3) is 0.357. The Hall–Kier alpha value is -1.75. The highest BCUT2D eigenvalue weighted by Gasteiger charge is 2.04. The molecule has 0 saturated heterocycles. The van der Waals surface area contributed by atoms with Gasteiger partial charge in [-0.05, 0) is 24.6 Å². The van der Waals surface area contributed by atoms with Crippen LogP contribution in [-0.2, 0) is 4.74 Å². The van der Waals surface area contributed by atoms with Crippen LogP contribution < -0.4 is 5.32 Å². The number of anilines is 1. The number of rotatable bonds is 6. The molecular formula is C14H16F2N2O. The third-order valence-corrected chi connectivity index (χ3v) is 2.70. The molecule has 0 fully saturated rings. The molecule has 1 heterocycles. The fourth-order valence-corrected chi connectivity index (χ4v) is 1.81. The molecule has 0 aliphatic rings. The predicted octanol–water partition coefficient (Wildman–Crippen LogP) is 3.24. The number of nitrogens with zero attached hydrogens (tertiary/aromatic N) is 1. The van der Waals surface area contributed by atoms with Crippen LogP contribution in [-0.4, -0.2) is 31.2 Å². The van der Waals surface area contributed by atoms with Crippen LogP contribution in [0.5, 0.6) is 0 Å². The summed E-state index contributed by atoms with van der Waals surface area (Å²) >= 11 is 0. The molecule has 0 unspecified atom stereocenters. The molecule has 0 amide bonds. The van der Waals surface area contributed by atoms with Crippen LogP contribution >= 0.6 is 0 Å². The number of fused-ring (bicyclic) bond motifs is 1. The van der Waals surface area contributed by atoms with Gasteiger partial charge in [-0.15, -0.1) is 0 Å². The number of halogens is 2. The van der Waals surface area contributed by atoms with Gasteiger partial charge in [-0.3, -0.25) is 0 Å². The van der Waals surface area contributed by atoms with Crippen LogP contribution in [0.15, 0.2) is 30.3 Å². The predicted molar refractivity (Wildman–Crippen MR) is 71.8 cm³/mol. The Kier molecular flexibility index (Phi) is 4.63. The maximum absolute atomic E-state index is 11.9. The van der Waals surface area contributed by atoms with E-state index in [-0.39, 0.29) is 6.61 Å². The molecule has 0 aliphatic heterocycles. The van der Waals surface area contributed by atoms with Gasteiger partial charge in [0, 0.05) is 11.9 Å². The molecule has 19 heavy (non-hydrogen) atoms. The van der Waals surface area contributed by atoms with Crippen molar-refractivity contribution in [3.05, 3.63) is 35.9 Å². The van der Waals surface area contributed by atoms with Crippen molar-refractivity contribution in [3.8, 4) is 0 Å². The van der Waals surface area contributed by atoms with E-state index in [9.17, 15) is 8.78 Å². The monoisotopic (exact) mass is 266 g/mol. The van der Waals surface area contributed by atoms with E-state index >= 15 is 0 Å². The largest absolute Gasteiger partial charge is 0.374 e. The summed E-state index contributed by atoms with van der Waals surface area (Å²) in [5.74, 6) is 0.763. The highest BCUT2D eigenvalue weighted by atomic mass is 19.3. The Bertz CT molecular complexity index is 546. The van der Waals surface area contributed by atoms with E-state index in [0.717, 1.165) is 22.3 Å². The van der Waals surface area contributed by atoms with Gasteiger partial charge in [0.05, 0.1) is 12.1 Å². The molecule has 0 aliphatic carbocycles. The lowest BCUT2D eigenvalue weighted by Gasteiger charge is -2.10. The van der Waals surface area contributed by atoms with E-state index < -0.39 is 13.0 Å². The summed E-state index contributed by atoms with van der Waals surface area (Å²) in [6.07, 6.45) is -2.42. The van der Waals surface area contributed by atoms with E-state index in [1.165, 1.54) is 0 Å². The lowest BCUT2D eigenvalue weighted by molar-refractivity contribution is 0.0215. The zero-order valence-electron chi connectivity index (χ0n) is 10.7. The number of hydrogen-bond donors (Lipinski definition) is 1. The zero-order valence-corrected chi connectivity index (χ0v) is 10.7. The van der Waals surface area contributed by atoms with Gasteiger partial charge in [0.1, 0.15) is 12.4 Å². The lowest BCUT2D eigenvalue weighted by Crippen LogP contribution is -2.14. The third-order valence-electron chi connectivity index (χ3n) is 2.70. The minimum Gasteiger partial charge on any atom is -0.374 e. The van der Waals surface area contributed by atoms with Gasteiger partial charge in [0.2, 0.25) is 0 Å². The van der Waals surface area contributed by atoms with Crippen LogP contribution in [0.25, 0.3) is 10.9 Å². The van der Waals surface area contributed by atoms with Crippen molar-refractivity contribution in [2.45, 2.75) is 13.3 Å². The average molecular weight is 266 g/mol. The quantitative estimate of drug-likeness (QED) is 0.815. The normalized spacial score (nSPS) is 11.2. The first-order chi connectivity index (χ1) is 9.16. The van der Waals surface area contributed by atoms with Crippen LogP contribution in [0.2, 0.25) is 0 Å². The van der Waals surface area contributed by atoms with Gasteiger partial charge >= 0.3 is 0 Å². The number of benzene rings is 1. The van der Waals surface area contributed by atoms with Crippen molar-refractivity contribution in [1.82, 2.24) is 4.98 Å². The first-order valence-corrected chi connectivity index (χ1v) is 6.13. The Labute approximate surface area is 110 Å². The Balaban J connectivity index is 1.95. The number of aromatic nitrogens is 1. The number of aryl methyl sites for hydroxylation is 1. The molecule has 0 spiro atoms. The van der Waals surface area contributed by atoms with Gasteiger partial charge in [0.15, 0.2) is 0 Å². The van der Waals surface area contributed by atoms with Gasteiger partial charge < -0.3 is 10.1 Å². The van der Waals surface area contributed by atoms with Crippen molar-refractivity contribution in [2.24, 2.45) is 0 Å². The molecule has 0 bridgehead atoms. The Morgan fingerprint density at radius 1 is 1.32 bits per heavy atom. The zero-order chi connectivity index (χ0) is 13.7. The molecule has 2 rings (SSSR count). The van der Waals surface area contributed by atoms with E-state index in [4.69, 9.17) is 4.74 Å². The number of nitrogens with one attached hydrogen (secondary N) is 1. The highest BCUT2D eigenvalue weighted by Crippen LogP contribution is 2.19. The van der Waals surface area contributed by atoms with Crippen LogP contribution in [0, 0.1) is 6.92 Å². The molecule has 5 heteroatoms. The van der Waals surface area contributed by atoms with Crippen LogP contribution in [0.3, 0.4) is 0 Å². The summed E-state index contributed by atoms with van der Waals surface area (Å²) in [5, 5.41) is 4.18. The maximum Gasteiger partial charge on any atom is 0.261 e. The van der Waals surface area contributed by atoms with Gasteiger partial charge in [-0.1, -0.05) is 18.2 Å². The van der Waals surface area contributed by atoms with Gasteiger partial charge in [-0.2, -0.15) is 0 Å². The number of ether oxygens (including phenoxy) is 1. The first kappa shape index (κ1) is 13.7. The summed E-state index contributed by atoms with van der Waals surface area (Å²) in [4.78, 5) is 4.49. The van der Waals surface area contributed by atoms with Crippen molar-refractivity contribution in [1.29, 1.82) is 0 Å². The van der Waals surface area contributed by atoms with E-state index in [2.05, 4.69) is 10.3 Å². The Morgan fingerprint density at radius 3 is 2.89 bits per heavy atom. The second-order valence-electron chi connectivity index (χ2n) is 4.24. The average Bonchev–Trinajstić information content (AvgIpc) is 2.38. The van der Waals surface area contributed by atoms with Crippen molar-refractivity contribution >= 4 is 16.7 Å². The number of hydrogen-bond acceptors (Lipinski definition) is 3. The summed E-state index contributed by atoms with van der Waals surface area (Å²) in [6, 6.07) is 9.89. The molecule has 0 saturated carbocycles. The van der Waals surface area contributed by atoms with Gasteiger partial charge in [0.25, 0.3) is 6.43 Å². The number of pyridine rings is 1. The van der Waals surface area contributed by atoms with Crippen LogP contribution in [0.1, 0.15) is 5.56 Å². The smallest absolute Gasteiger partial charge is 0.261 e. The molecule has 0 radical (unpaired) electrons. The molecule has 2 aromatic rings. The minimum atomic E-state index is -2.42. The van der Waals surface area contributed by atoms with Crippen molar-refractivity contribution in [3.63, 3.8) is 0 Å². The number of alkyl halides is 2. The van der Waals surface area contributed by atoms with Crippen molar-refractivity contribution in [2.75, 3.05) is 25.1 Å². The second kappa shape index (κ2) is 6.43. The summed E-state index contributed by atoms with van der Waals surface area (Å²) in [6.45, 7) is 2.13. The fourth-order valence-electron chi connectivity index (χ4n) is 1.81. The van der Waals surface area contributed by atoms with E-state index in [0.29, 0.717) is 6.54 Å². The summed E-state index contributed by atoms with van der Waals surface area (Å²) in [7, 11) is 0. The highest BCUT2D eigenvalue weighted by molar-refractivity contribution is 5.81. The summed E-state index contributed by atoms with van der Waals surface area (Å²) in [5.41, 5.74) is 1.93. The topological polar surface area (TPSA) is 34.2 Å². The molecule has 0 atom stereocenters. The van der Waals surface area contributed by atoms with E-state index in [1.54, 1.807) is 0 Å². The molecule has 1 N–H and O–H groups in total. The van der Waals surface area contributed by atoms with Crippen LogP contribution in [0.4, 0.5) is 14.6 Å². The van der Waals surface area contributed by atoms with Gasteiger partial charge in [-0.25, -0.2) is 13.8 Å². The van der Waals surface area contributed by atoms with E-state index in [1.807, 2.05) is 37.3 Å². The third kappa shape index (κ3) is 3.86. The lowest BCUT2D eigenvalue weighted by atomic mass is 10.1. The standard InChI is InChI=1S/C14H16F2N2O/c1-10-8-11-4-2-3-5-12(11)18-14(10)17-6-7-19-9-13(15)16/h2-5,8,13H,6-7,9H2,1H3,(H,17,18). The second-order valence-corrected chi connectivity index (χ2v) is 4.24. The van der Waals surface area contributed by atoms with Crippen molar-refractivity contribution < 1.29 is 13.5 Å². The summed E-state index contributed by atoms with van der Waals surface area (Å²) < 4.78 is 28.5. The minimum absolute atomic E-state index is 0.234. The molecule has 1 aromatic carbocycles. The Morgan fingerprint density at radius 2 is 2.11 bits per heavy atom. The maximum atomic E-state index is 11.9. The molecule has 1 aromatic heterocycles. The molecule has 3 nitrogen and oxygen atoms in total. The first-order valence-electron chi connectivity index (χ1n) is 6.13. The molecular weight excluding hydrogens is 250 g/mol. The number of para-hydroxylation sites is 1.